The number of carbonyl (C=O) groups excluding carboxylic acids is 1. The van der Waals surface area contributed by atoms with Crippen molar-refractivity contribution in [3.05, 3.63) is 65.9 Å². The SMILES string of the molecule is COc1ccc(-n2nc(C=O)cc2-c2ccc(C)cc2)cc1. The third-order valence-corrected chi connectivity index (χ3v) is 3.51. The second-order valence-corrected chi connectivity index (χ2v) is 5.05. The first-order chi connectivity index (χ1) is 10.7. The topological polar surface area (TPSA) is 44.1 Å². The van der Waals surface area contributed by atoms with E-state index in [4.69, 9.17) is 4.74 Å². The molecule has 0 atom stereocenters. The summed E-state index contributed by atoms with van der Waals surface area (Å²) in [4.78, 5) is 11.1. The summed E-state index contributed by atoms with van der Waals surface area (Å²) in [6, 6.07) is 17.5. The standard InChI is InChI=1S/C18H16N2O2/c1-13-3-5-14(6-4-13)18-11-15(12-21)19-20(18)16-7-9-17(22-2)10-8-16/h3-12H,1-2H3. The molecule has 4 nitrogen and oxygen atoms in total. The van der Waals surface area contributed by atoms with Crippen LogP contribution in [0.15, 0.2) is 54.6 Å². The molecular weight excluding hydrogens is 276 g/mol. The lowest BCUT2D eigenvalue weighted by atomic mass is 10.1. The van der Waals surface area contributed by atoms with Crippen LogP contribution in [-0.2, 0) is 0 Å². The smallest absolute Gasteiger partial charge is 0.170 e. The van der Waals surface area contributed by atoms with E-state index in [0.717, 1.165) is 29.0 Å². The van der Waals surface area contributed by atoms with Crippen molar-refractivity contribution in [2.24, 2.45) is 0 Å². The van der Waals surface area contributed by atoms with Gasteiger partial charge in [0.05, 0.1) is 18.5 Å². The predicted molar refractivity (Wildman–Crippen MR) is 85.7 cm³/mol. The minimum absolute atomic E-state index is 0.409. The number of methoxy groups -OCH3 is 1. The number of aryl methyl sites for hydroxylation is 1. The van der Waals surface area contributed by atoms with Crippen LogP contribution in [0.25, 0.3) is 16.9 Å². The molecule has 0 radical (unpaired) electrons. The molecule has 3 aromatic rings. The van der Waals surface area contributed by atoms with Crippen molar-refractivity contribution in [1.82, 2.24) is 9.78 Å². The van der Waals surface area contributed by atoms with Crippen molar-refractivity contribution in [1.29, 1.82) is 0 Å². The van der Waals surface area contributed by atoms with E-state index < -0.39 is 0 Å². The van der Waals surface area contributed by atoms with Gasteiger partial charge in [-0.15, -0.1) is 0 Å². The van der Waals surface area contributed by atoms with E-state index in [2.05, 4.69) is 5.10 Å². The fourth-order valence-corrected chi connectivity index (χ4v) is 2.31. The first-order valence-corrected chi connectivity index (χ1v) is 6.98. The molecule has 2 aromatic carbocycles. The van der Waals surface area contributed by atoms with Gasteiger partial charge in [0.25, 0.3) is 0 Å². The van der Waals surface area contributed by atoms with Crippen molar-refractivity contribution >= 4 is 6.29 Å². The summed E-state index contributed by atoms with van der Waals surface area (Å²) in [5, 5.41) is 4.36. The number of hydrogen-bond acceptors (Lipinski definition) is 3. The molecule has 0 saturated heterocycles. The first kappa shape index (κ1) is 14.1. The minimum Gasteiger partial charge on any atom is -0.497 e. The number of aromatic nitrogens is 2. The third kappa shape index (κ3) is 2.63. The first-order valence-electron chi connectivity index (χ1n) is 6.98. The van der Waals surface area contributed by atoms with Gasteiger partial charge in [-0.3, -0.25) is 4.79 Å². The molecule has 0 fully saturated rings. The molecule has 3 rings (SSSR count). The normalized spacial score (nSPS) is 10.5. The highest BCUT2D eigenvalue weighted by Crippen LogP contribution is 2.25. The molecule has 0 aliphatic carbocycles. The molecule has 0 amide bonds. The lowest BCUT2D eigenvalue weighted by Crippen LogP contribution is -1.99. The van der Waals surface area contributed by atoms with Crippen molar-refractivity contribution in [3.8, 4) is 22.7 Å². The van der Waals surface area contributed by atoms with Gasteiger partial charge in [-0.2, -0.15) is 5.10 Å². The zero-order valence-electron chi connectivity index (χ0n) is 12.5. The van der Waals surface area contributed by atoms with Crippen LogP contribution in [0.3, 0.4) is 0 Å². The van der Waals surface area contributed by atoms with Crippen molar-refractivity contribution < 1.29 is 9.53 Å². The summed E-state index contributed by atoms with van der Waals surface area (Å²) in [7, 11) is 1.63. The molecule has 0 aliphatic heterocycles. The molecule has 1 heterocycles. The molecule has 0 saturated carbocycles. The van der Waals surface area contributed by atoms with Crippen molar-refractivity contribution in [3.63, 3.8) is 0 Å². The van der Waals surface area contributed by atoms with Gasteiger partial charge >= 0.3 is 0 Å². The van der Waals surface area contributed by atoms with Crippen molar-refractivity contribution in [2.75, 3.05) is 7.11 Å². The monoisotopic (exact) mass is 292 g/mol. The summed E-state index contributed by atoms with van der Waals surface area (Å²) in [6.45, 7) is 2.04. The Morgan fingerprint density at radius 2 is 1.73 bits per heavy atom. The summed E-state index contributed by atoms with van der Waals surface area (Å²) in [5.41, 5.74) is 4.38. The molecule has 0 aliphatic rings. The molecule has 0 bridgehead atoms. The Balaban J connectivity index is 2.11. The fraction of sp³-hybridized carbons (Fsp3) is 0.111. The Morgan fingerprint density at radius 3 is 2.32 bits per heavy atom. The lowest BCUT2D eigenvalue weighted by Gasteiger charge is -2.08. The van der Waals surface area contributed by atoms with Crippen LogP contribution in [0.5, 0.6) is 5.75 Å². The molecule has 4 heteroatoms. The maximum absolute atomic E-state index is 11.1. The van der Waals surface area contributed by atoms with E-state index in [0.29, 0.717) is 5.69 Å². The molecule has 22 heavy (non-hydrogen) atoms. The van der Waals surface area contributed by atoms with Crippen LogP contribution in [0.4, 0.5) is 0 Å². The average Bonchev–Trinajstić information content (AvgIpc) is 3.00. The summed E-state index contributed by atoms with van der Waals surface area (Å²) in [6.07, 6.45) is 0.762. The third-order valence-electron chi connectivity index (χ3n) is 3.51. The molecular formula is C18H16N2O2. The number of nitrogens with zero attached hydrogens (tertiary/aromatic N) is 2. The van der Waals surface area contributed by atoms with Gasteiger partial charge < -0.3 is 4.74 Å². The van der Waals surface area contributed by atoms with Gasteiger partial charge in [-0.05, 0) is 37.3 Å². The number of hydrogen-bond donors (Lipinski definition) is 0. The largest absolute Gasteiger partial charge is 0.497 e. The zero-order valence-corrected chi connectivity index (χ0v) is 12.5. The Kier molecular flexibility index (Phi) is 3.74. The number of rotatable bonds is 4. The van der Waals surface area contributed by atoms with Crippen LogP contribution in [0, 0.1) is 6.92 Å². The summed E-state index contributed by atoms with van der Waals surface area (Å²) >= 11 is 0. The van der Waals surface area contributed by atoms with Gasteiger partial charge in [0.15, 0.2) is 6.29 Å². The second-order valence-electron chi connectivity index (χ2n) is 5.05. The molecule has 1 aromatic heterocycles. The number of carbonyl (C=O) groups is 1. The van der Waals surface area contributed by atoms with Gasteiger partial charge in [0.2, 0.25) is 0 Å². The van der Waals surface area contributed by atoms with E-state index in [1.807, 2.05) is 55.5 Å². The van der Waals surface area contributed by atoms with Crippen LogP contribution < -0.4 is 4.74 Å². The maximum atomic E-state index is 11.1. The second kappa shape index (κ2) is 5.85. The number of aldehydes is 1. The van der Waals surface area contributed by atoms with Gasteiger partial charge in [-0.1, -0.05) is 29.8 Å². The Bertz CT molecular complexity index is 787. The van der Waals surface area contributed by atoms with Gasteiger partial charge in [-0.25, -0.2) is 4.68 Å². The Hall–Kier alpha value is -2.88. The highest BCUT2D eigenvalue weighted by atomic mass is 16.5. The van der Waals surface area contributed by atoms with Gasteiger partial charge in [0, 0.05) is 5.56 Å². The van der Waals surface area contributed by atoms with Crippen LogP contribution in [0.2, 0.25) is 0 Å². The Labute approximate surface area is 129 Å². The minimum atomic E-state index is 0.409. The fourth-order valence-electron chi connectivity index (χ4n) is 2.31. The molecule has 0 N–H and O–H groups in total. The lowest BCUT2D eigenvalue weighted by molar-refractivity contribution is 0.111. The van der Waals surface area contributed by atoms with Crippen LogP contribution >= 0.6 is 0 Å². The van der Waals surface area contributed by atoms with Crippen LogP contribution in [-0.4, -0.2) is 23.2 Å². The summed E-state index contributed by atoms with van der Waals surface area (Å²) in [5.74, 6) is 0.781. The van der Waals surface area contributed by atoms with Gasteiger partial charge in [0.1, 0.15) is 11.4 Å². The van der Waals surface area contributed by atoms with E-state index in [1.54, 1.807) is 17.9 Å². The number of benzene rings is 2. The number of ether oxygens (including phenoxy) is 1. The predicted octanol–water partition coefficient (Wildman–Crippen LogP) is 3.67. The molecule has 0 unspecified atom stereocenters. The average molecular weight is 292 g/mol. The van der Waals surface area contributed by atoms with Crippen LogP contribution in [0.1, 0.15) is 16.1 Å². The van der Waals surface area contributed by atoms with E-state index in [9.17, 15) is 4.79 Å². The maximum Gasteiger partial charge on any atom is 0.170 e. The quantitative estimate of drug-likeness (QED) is 0.689. The zero-order chi connectivity index (χ0) is 15.5. The highest BCUT2D eigenvalue weighted by molar-refractivity contribution is 5.76. The molecule has 0 spiro atoms. The van der Waals surface area contributed by atoms with Crippen molar-refractivity contribution in [2.45, 2.75) is 6.92 Å². The molecule has 110 valence electrons. The van der Waals surface area contributed by atoms with E-state index >= 15 is 0 Å². The summed E-state index contributed by atoms with van der Waals surface area (Å²) < 4.78 is 6.95. The van der Waals surface area contributed by atoms with E-state index in [1.165, 1.54) is 5.56 Å². The highest BCUT2D eigenvalue weighted by Gasteiger charge is 2.11. The Morgan fingerprint density at radius 1 is 1.05 bits per heavy atom. The van der Waals surface area contributed by atoms with E-state index in [-0.39, 0.29) is 0 Å².